The number of ether oxygens (including phenoxy) is 2. The van der Waals surface area contributed by atoms with Crippen LogP contribution in [0.2, 0.25) is 0 Å². The van der Waals surface area contributed by atoms with E-state index in [4.69, 9.17) is 15.2 Å². The fourth-order valence-electron chi connectivity index (χ4n) is 1.71. The van der Waals surface area contributed by atoms with Gasteiger partial charge in [-0.3, -0.25) is 4.79 Å². The zero-order chi connectivity index (χ0) is 15.7. The molecule has 0 aromatic heterocycles. The molecule has 5 heteroatoms. The first-order valence-corrected chi connectivity index (χ1v) is 7.31. The molecule has 21 heavy (non-hydrogen) atoms. The molecule has 5 nitrogen and oxygen atoms in total. The fraction of sp³-hybridized carbons (Fsp3) is 0.562. The van der Waals surface area contributed by atoms with Crippen LogP contribution < -0.4 is 11.1 Å². The molecule has 0 aliphatic carbocycles. The highest BCUT2D eigenvalue weighted by Gasteiger charge is 2.06. The molecule has 0 bridgehead atoms. The molecule has 1 aromatic carbocycles. The predicted molar refractivity (Wildman–Crippen MR) is 85.3 cm³/mol. The Bertz CT molecular complexity index is 447. The smallest absolute Gasteiger partial charge is 0.226 e. The number of anilines is 2. The first-order chi connectivity index (χ1) is 10.0. The summed E-state index contributed by atoms with van der Waals surface area (Å²) in [6.07, 6.45) is 0.318. The third-order valence-corrected chi connectivity index (χ3v) is 2.95. The van der Waals surface area contributed by atoms with Crippen molar-refractivity contribution in [3.63, 3.8) is 0 Å². The second-order valence-electron chi connectivity index (χ2n) is 5.40. The Labute approximate surface area is 126 Å². The Hall–Kier alpha value is -1.59. The maximum atomic E-state index is 11.8. The molecule has 0 fully saturated rings. The van der Waals surface area contributed by atoms with Gasteiger partial charge in [-0.1, -0.05) is 19.9 Å². The molecule has 0 heterocycles. The summed E-state index contributed by atoms with van der Waals surface area (Å²) < 4.78 is 10.8. The van der Waals surface area contributed by atoms with Gasteiger partial charge < -0.3 is 20.5 Å². The minimum atomic E-state index is -0.0770. The summed E-state index contributed by atoms with van der Waals surface area (Å²) in [6, 6.07) is 5.47. The van der Waals surface area contributed by atoms with E-state index in [9.17, 15) is 4.79 Å². The molecule has 1 aromatic rings. The maximum absolute atomic E-state index is 11.8. The second-order valence-corrected chi connectivity index (χ2v) is 5.40. The lowest BCUT2D eigenvalue weighted by molar-refractivity contribution is -0.117. The average molecular weight is 294 g/mol. The van der Waals surface area contributed by atoms with E-state index < -0.39 is 0 Å². The molecule has 0 aliphatic rings. The average Bonchev–Trinajstić information content (AvgIpc) is 2.42. The first-order valence-electron chi connectivity index (χ1n) is 7.31. The number of hydrogen-bond donors (Lipinski definition) is 2. The van der Waals surface area contributed by atoms with Crippen molar-refractivity contribution in [1.29, 1.82) is 0 Å². The van der Waals surface area contributed by atoms with Gasteiger partial charge in [-0.2, -0.15) is 0 Å². The molecule has 0 saturated heterocycles. The van der Waals surface area contributed by atoms with Crippen molar-refractivity contribution in [1.82, 2.24) is 0 Å². The minimum absolute atomic E-state index is 0.0770. The van der Waals surface area contributed by atoms with Crippen molar-refractivity contribution in [2.75, 3.05) is 37.5 Å². The van der Waals surface area contributed by atoms with E-state index >= 15 is 0 Å². The highest BCUT2D eigenvalue weighted by molar-refractivity contribution is 5.92. The van der Waals surface area contributed by atoms with Crippen molar-refractivity contribution < 1.29 is 14.3 Å². The fourth-order valence-corrected chi connectivity index (χ4v) is 1.71. The number of benzene rings is 1. The van der Waals surface area contributed by atoms with Crippen LogP contribution in [0.15, 0.2) is 18.2 Å². The highest BCUT2D eigenvalue weighted by Crippen LogP contribution is 2.20. The predicted octanol–water partition coefficient (Wildman–Crippen LogP) is 2.60. The van der Waals surface area contributed by atoms with Crippen LogP contribution in [-0.2, 0) is 14.3 Å². The summed E-state index contributed by atoms with van der Waals surface area (Å²) in [5, 5.41) is 2.84. The van der Waals surface area contributed by atoms with Crippen molar-refractivity contribution in [2.45, 2.75) is 27.2 Å². The molecule has 0 spiro atoms. The zero-order valence-corrected chi connectivity index (χ0v) is 13.1. The number of nitrogens with two attached hydrogens (primary N) is 1. The number of nitrogens with one attached hydrogen (secondary N) is 1. The van der Waals surface area contributed by atoms with Crippen molar-refractivity contribution in [3.05, 3.63) is 23.8 Å². The molecular weight excluding hydrogens is 268 g/mol. The van der Waals surface area contributed by atoms with Crippen LogP contribution in [0, 0.1) is 12.8 Å². The summed E-state index contributed by atoms with van der Waals surface area (Å²) in [5.41, 5.74) is 8.10. The van der Waals surface area contributed by atoms with E-state index in [1.165, 1.54) is 0 Å². The van der Waals surface area contributed by atoms with Crippen LogP contribution in [0.25, 0.3) is 0 Å². The zero-order valence-electron chi connectivity index (χ0n) is 13.1. The van der Waals surface area contributed by atoms with Crippen LogP contribution in [0.1, 0.15) is 25.8 Å². The standard InChI is InChI=1S/C16H26N2O3/c1-12(2)11-21-10-9-20-8-7-16(19)18-15-6-4-5-14(17)13(15)3/h4-6,12H,7-11,17H2,1-3H3,(H,18,19). The molecule has 0 saturated carbocycles. The summed E-state index contributed by atoms with van der Waals surface area (Å²) in [6.45, 7) is 8.28. The lowest BCUT2D eigenvalue weighted by Crippen LogP contribution is -2.16. The number of nitrogen functional groups attached to an aromatic ring is 1. The Morgan fingerprint density at radius 1 is 1.24 bits per heavy atom. The molecular formula is C16H26N2O3. The number of carbonyl (C=O) groups is 1. The Balaban J connectivity index is 2.16. The van der Waals surface area contributed by atoms with Gasteiger partial charge in [0.15, 0.2) is 0 Å². The van der Waals surface area contributed by atoms with E-state index in [0.717, 1.165) is 17.9 Å². The van der Waals surface area contributed by atoms with Crippen molar-refractivity contribution in [3.8, 4) is 0 Å². The topological polar surface area (TPSA) is 73.6 Å². The van der Waals surface area contributed by atoms with Crippen LogP contribution in [0.4, 0.5) is 11.4 Å². The Morgan fingerprint density at radius 3 is 2.67 bits per heavy atom. The van der Waals surface area contributed by atoms with Gasteiger partial charge in [-0.25, -0.2) is 0 Å². The lowest BCUT2D eigenvalue weighted by Gasteiger charge is -2.10. The van der Waals surface area contributed by atoms with E-state index in [1.807, 2.05) is 25.1 Å². The Kier molecular flexibility index (Phi) is 7.79. The van der Waals surface area contributed by atoms with Gasteiger partial charge in [-0.05, 0) is 30.5 Å². The van der Waals surface area contributed by atoms with Crippen LogP contribution in [-0.4, -0.2) is 32.3 Å². The Morgan fingerprint density at radius 2 is 1.95 bits per heavy atom. The summed E-state index contributed by atoms with van der Waals surface area (Å²) >= 11 is 0. The normalized spacial score (nSPS) is 10.9. The van der Waals surface area contributed by atoms with Crippen LogP contribution in [0.3, 0.4) is 0 Å². The van der Waals surface area contributed by atoms with Gasteiger partial charge in [-0.15, -0.1) is 0 Å². The molecule has 118 valence electrons. The van der Waals surface area contributed by atoms with E-state index in [-0.39, 0.29) is 5.91 Å². The molecule has 1 rings (SSSR count). The van der Waals surface area contributed by atoms with Crippen molar-refractivity contribution in [2.24, 2.45) is 5.92 Å². The number of amides is 1. The van der Waals surface area contributed by atoms with Gasteiger partial charge in [0.1, 0.15) is 0 Å². The lowest BCUT2D eigenvalue weighted by atomic mass is 10.1. The SMILES string of the molecule is Cc1c(N)cccc1NC(=O)CCOCCOCC(C)C. The first kappa shape index (κ1) is 17.5. The summed E-state index contributed by atoms with van der Waals surface area (Å²) in [7, 11) is 0. The van der Waals surface area contributed by atoms with Gasteiger partial charge in [0.25, 0.3) is 0 Å². The summed E-state index contributed by atoms with van der Waals surface area (Å²) in [4.78, 5) is 11.8. The second kappa shape index (κ2) is 9.37. The monoisotopic (exact) mass is 294 g/mol. The van der Waals surface area contributed by atoms with Gasteiger partial charge in [0, 0.05) is 18.0 Å². The quantitative estimate of drug-likeness (QED) is 0.542. The largest absolute Gasteiger partial charge is 0.398 e. The number of hydrogen-bond acceptors (Lipinski definition) is 4. The maximum Gasteiger partial charge on any atom is 0.226 e. The van der Waals surface area contributed by atoms with Gasteiger partial charge in [0.2, 0.25) is 5.91 Å². The molecule has 3 N–H and O–H groups in total. The van der Waals surface area contributed by atoms with Gasteiger partial charge >= 0.3 is 0 Å². The third kappa shape index (κ3) is 7.11. The van der Waals surface area contributed by atoms with E-state index in [2.05, 4.69) is 19.2 Å². The molecule has 0 atom stereocenters. The van der Waals surface area contributed by atoms with E-state index in [0.29, 0.717) is 37.8 Å². The van der Waals surface area contributed by atoms with E-state index in [1.54, 1.807) is 0 Å². The minimum Gasteiger partial charge on any atom is -0.398 e. The number of rotatable bonds is 9. The summed E-state index contributed by atoms with van der Waals surface area (Å²) in [5.74, 6) is 0.448. The van der Waals surface area contributed by atoms with Gasteiger partial charge in [0.05, 0.1) is 26.2 Å². The van der Waals surface area contributed by atoms with Crippen LogP contribution >= 0.6 is 0 Å². The molecule has 0 unspecified atom stereocenters. The molecule has 0 radical (unpaired) electrons. The van der Waals surface area contributed by atoms with Crippen molar-refractivity contribution >= 4 is 17.3 Å². The van der Waals surface area contributed by atoms with Crippen LogP contribution in [0.5, 0.6) is 0 Å². The third-order valence-electron chi connectivity index (χ3n) is 2.95. The number of carbonyl (C=O) groups excluding carboxylic acids is 1. The molecule has 0 aliphatic heterocycles. The highest BCUT2D eigenvalue weighted by atomic mass is 16.5. The molecule has 1 amide bonds.